The second kappa shape index (κ2) is 4.92. The number of hydrogen-bond acceptors (Lipinski definition) is 4. The van der Waals surface area contributed by atoms with Crippen molar-refractivity contribution < 1.29 is 9.59 Å². The van der Waals surface area contributed by atoms with Crippen molar-refractivity contribution in [2.24, 2.45) is 4.99 Å². The third-order valence-corrected chi connectivity index (χ3v) is 5.52. The van der Waals surface area contributed by atoms with Gasteiger partial charge in [0, 0.05) is 11.1 Å². The van der Waals surface area contributed by atoms with E-state index in [1.807, 2.05) is 54.6 Å². The van der Waals surface area contributed by atoms with Gasteiger partial charge in [-0.25, -0.2) is 4.99 Å². The molecule has 1 saturated heterocycles. The number of amides is 1. The van der Waals surface area contributed by atoms with Gasteiger partial charge in [-0.3, -0.25) is 14.5 Å². The van der Waals surface area contributed by atoms with Crippen LogP contribution in [0.15, 0.2) is 65.2 Å². The highest BCUT2D eigenvalue weighted by Crippen LogP contribution is 2.48. The van der Waals surface area contributed by atoms with E-state index in [-0.39, 0.29) is 11.7 Å². The summed E-state index contributed by atoms with van der Waals surface area (Å²) in [6, 6.07) is 16.9. The Hall–Kier alpha value is -2.66. The lowest BCUT2D eigenvalue weighted by Gasteiger charge is -2.31. The number of nitrogens with zero attached hydrogens (tertiary/aromatic N) is 2. The molecule has 0 radical (unpaired) electrons. The van der Waals surface area contributed by atoms with Crippen LogP contribution in [-0.2, 0) is 4.79 Å². The van der Waals surface area contributed by atoms with Gasteiger partial charge in [-0.15, -0.1) is 0 Å². The molecule has 1 unspecified atom stereocenters. The number of hydrogen-bond donors (Lipinski definition) is 0. The van der Waals surface area contributed by atoms with Crippen molar-refractivity contribution in [3.8, 4) is 0 Å². The quantitative estimate of drug-likeness (QED) is 0.805. The monoisotopic (exact) mass is 332 g/mol. The second-order valence-electron chi connectivity index (χ2n) is 5.90. The molecule has 1 atom stereocenters. The number of ketones is 1. The van der Waals surface area contributed by atoms with E-state index < -0.39 is 6.04 Å². The van der Waals surface area contributed by atoms with Crippen molar-refractivity contribution in [3.05, 3.63) is 76.9 Å². The van der Waals surface area contributed by atoms with Crippen molar-refractivity contribution >= 4 is 34.3 Å². The number of carbonyl (C=O) groups excluding carboxylic acids is 2. The minimum Gasteiger partial charge on any atom is -0.289 e. The molecule has 2 aromatic rings. The predicted molar refractivity (Wildman–Crippen MR) is 93.6 cm³/mol. The summed E-state index contributed by atoms with van der Waals surface area (Å²) >= 11 is 1.44. The van der Waals surface area contributed by atoms with Gasteiger partial charge in [0.2, 0.25) is 5.91 Å². The van der Waals surface area contributed by atoms with Crippen LogP contribution in [-0.4, -0.2) is 27.5 Å². The number of benzene rings is 2. The highest BCUT2D eigenvalue weighted by Gasteiger charge is 2.46. The van der Waals surface area contributed by atoms with Crippen LogP contribution in [0, 0.1) is 0 Å². The van der Waals surface area contributed by atoms with Crippen molar-refractivity contribution in [1.29, 1.82) is 0 Å². The molecule has 0 spiro atoms. The highest BCUT2D eigenvalue weighted by atomic mass is 32.2. The summed E-state index contributed by atoms with van der Waals surface area (Å²) in [5, 5.41) is 0.692. The smallest absolute Gasteiger partial charge is 0.239 e. The number of amidine groups is 1. The van der Waals surface area contributed by atoms with E-state index in [0.29, 0.717) is 22.1 Å². The van der Waals surface area contributed by atoms with Gasteiger partial charge in [-0.1, -0.05) is 66.4 Å². The van der Waals surface area contributed by atoms with Gasteiger partial charge in [0.1, 0.15) is 0 Å². The molecule has 5 rings (SSSR count). The van der Waals surface area contributed by atoms with Crippen LogP contribution >= 0.6 is 11.8 Å². The maximum Gasteiger partial charge on any atom is 0.239 e. The molecule has 4 nitrogen and oxygen atoms in total. The third-order valence-electron chi connectivity index (χ3n) is 4.58. The maximum absolute atomic E-state index is 13.0. The Labute approximate surface area is 142 Å². The molecule has 5 heteroatoms. The number of fused-ring (bicyclic) bond motifs is 3. The zero-order chi connectivity index (χ0) is 16.3. The Morgan fingerprint density at radius 1 is 0.958 bits per heavy atom. The Balaban J connectivity index is 1.78. The van der Waals surface area contributed by atoms with Gasteiger partial charge in [-0.2, -0.15) is 0 Å². The molecule has 1 aliphatic carbocycles. The summed E-state index contributed by atoms with van der Waals surface area (Å²) < 4.78 is 0. The molecule has 0 N–H and O–H groups in total. The van der Waals surface area contributed by atoms with Crippen molar-refractivity contribution in [1.82, 2.24) is 4.90 Å². The fourth-order valence-electron chi connectivity index (χ4n) is 3.55. The molecule has 0 saturated carbocycles. The molecule has 2 aromatic carbocycles. The summed E-state index contributed by atoms with van der Waals surface area (Å²) in [6.07, 6.45) is 0. The minimum absolute atomic E-state index is 0.00269. The standard InChI is InChI=1S/C19H12N2O2S/c22-14-10-24-19-20-16-12-8-4-5-9-13(12)18(23)15(16)17(21(14)19)11-6-2-1-3-7-11/h1-9,17H,10H2. The number of aliphatic imine (C=N–C) groups is 1. The second-order valence-corrected chi connectivity index (χ2v) is 6.84. The number of carbonyl (C=O) groups is 2. The van der Waals surface area contributed by atoms with Gasteiger partial charge in [-0.05, 0) is 5.56 Å². The zero-order valence-corrected chi connectivity index (χ0v) is 13.4. The molecule has 1 amide bonds. The lowest BCUT2D eigenvalue weighted by Crippen LogP contribution is -2.38. The normalized spacial score (nSPS) is 21.6. The van der Waals surface area contributed by atoms with Crippen LogP contribution in [0.2, 0.25) is 0 Å². The minimum atomic E-state index is -0.393. The summed E-state index contributed by atoms with van der Waals surface area (Å²) in [5.41, 5.74) is 3.81. The summed E-state index contributed by atoms with van der Waals surface area (Å²) in [6.45, 7) is 0. The highest BCUT2D eigenvalue weighted by molar-refractivity contribution is 8.15. The van der Waals surface area contributed by atoms with Crippen LogP contribution in [0.5, 0.6) is 0 Å². The molecule has 3 aliphatic rings. The van der Waals surface area contributed by atoms with Gasteiger partial charge in [0.05, 0.1) is 23.1 Å². The van der Waals surface area contributed by atoms with Gasteiger partial charge < -0.3 is 0 Å². The first-order valence-electron chi connectivity index (χ1n) is 7.72. The summed E-state index contributed by atoms with van der Waals surface area (Å²) in [5.74, 6) is 0.350. The molecule has 116 valence electrons. The third kappa shape index (κ3) is 1.73. The molecular weight excluding hydrogens is 320 g/mol. The number of Topliss-reactive ketones (excluding diaryl/α,β-unsaturated/α-hetero) is 1. The number of rotatable bonds is 1. The van der Waals surface area contributed by atoms with Crippen LogP contribution in [0.1, 0.15) is 27.5 Å². The number of thioether (sulfide) groups is 1. The fraction of sp³-hybridized carbons (Fsp3) is 0.105. The van der Waals surface area contributed by atoms with E-state index >= 15 is 0 Å². The maximum atomic E-state index is 13.0. The van der Waals surface area contributed by atoms with E-state index in [4.69, 9.17) is 0 Å². The van der Waals surface area contributed by atoms with E-state index in [1.165, 1.54) is 11.8 Å². The van der Waals surface area contributed by atoms with Gasteiger partial charge >= 0.3 is 0 Å². The first kappa shape index (κ1) is 13.7. The molecule has 0 bridgehead atoms. The van der Waals surface area contributed by atoms with Crippen LogP contribution in [0.3, 0.4) is 0 Å². The lowest BCUT2D eigenvalue weighted by atomic mass is 9.93. The molecule has 24 heavy (non-hydrogen) atoms. The zero-order valence-electron chi connectivity index (χ0n) is 12.6. The average Bonchev–Trinajstić information content (AvgIpc) is 3.14. The van der Waals surface area contributed by atoms with Crippen LogP contribution in [0.25, 0.3) is 5.70 Å². The van der Waals surface area contributed by atoms with E-state index in [1.54, 1.807) is 4.90 Å². The average molecular weight is 332 g/mol. The first-order valence-corrected chi connectivity index (χ1v) is 8.71. The van der Waals surface area contributed by atoms with Crippen molar-refractivity contribution in [2.75, 3.05) is 5.75 Å². The summed E-state index contributed by atoms with van der Waals surface area (Å²) in [7, 11) is 0. The van der Waals surface area contributed by atoms with Gasteiger partial charge in [0.15, 0.2) is 11.0 Å². The Kier molecular flexibility index (Phi) is 2.82. The fourth-order valence-corrected chi connectivity index (χ4v) is 4.44. The molecular formula is C19H12N2O2S. The summed E-state index contributed by atoms with van der Waals surface area (Å²) in [4.78, 5) is 31.8. The topological polar surface area (TPSA) is 49.7 Å². The van der Waals surface area contributed by atoms with Crippen molar-refractivity contribution in [3.63, 3.8) is 0 Å². The van der Waals surface area contributed by atoms with Crippen LogP contribution < -0.4 is 0 Å². The molecule has 0 aromatic heterocycles. The Morgan fingerprint density at radius 2 is 1.67 bits per heavy atom. The Morgan fingerprint density at radius 3 is 2.46 bits per heavy atom. The largest absolute Gasteiger partial charge is 0.289 e. The lowest BCUT2D eigenvalue weighted by molar-refractivity contribution is -0.125. The first-order chi connectivity index (χ1) is 11.8. The van der Waals surface area contributed by atoms with E-state index in [9.17, 15) is 9.59 Å². The Bertz CT molecular complexity index is 962. The predicted octanol–water partition coefficient (Wildman–Crippen LogP) is 3.28. The van der Waals surface area contributed by atoms with Crippen LogP contribution in [0.4, 0.5) is 0 Å². The molecule has 1 fully saturated rings. The molecule has 2 heterocycles. The van der Waals surface area contributed by atoms with Crippen molar-refractivity contribution in [2.45, 2.75) is 6.04 Å². The van der Waals surface area contributed by atoms with E-state index in [0.717, 1.165) is 16.8 Å². The van der Waals surface area contributed by atoms with E-state index in [2.05, 4.69) is 4.99 Å². The SMILES string of the molecule is O=C1C2=C(N=C3SCC(=O)N3C2c2ccccc2)c2ccccc21. The molecule has 2 aliphatic heterocycles. The van der Waals surface area contributed by atoms with Gasteiger partial charge in [0.25, 0.3) is 0 Å².